The van der Waals surface area contributed by atoms with Gasteiger partial charge in [-0.3, -0.25) is 4.79 Å². The number of carbonyl (C=O) groups excluding carboxylic acids is 1. The van der Waals surface area contributed by atoms with Crippen LogP contribution in [0.1, 0.15) is 19.4 Å². The van der Waals surface area contributed by atoms with Crippen molar-refractivity contribution >= 4 is 21.8 Å². The summed E-state index contributed by atoms with van der Waals surface area (Å²) in [6.07, 6.45) is 0.388. The van der Waals surface area contributed by atoms with Gasteiger partial charge in [0.25, 0.3) is 0 Å². The molecule has 1 amide bonds. The molecule has 0 saturated heterocycles. The number of hydrogen-bond donors (Lipinski definition) is 0. The summed E-state index contributed by atoms with van der Waals surface area (Å²) in [5, 5.41) is 8.79. The quantitative estimate of drug-likeness (QED) is 0.839. The van der Waals surface area contributed by atoms with Gasteiger partial charge in [0.1, 0.15) is 0 Å². The molecule has 0 bridgehead atoms. The Balaban J connectivity index is 2.62. The van der Waals surface area contributed by atoms with Crippen LogP contribution in [-0.2, 0) is 11.2 Å². The maximum absolute atomic E-state index is 12.1. The predicted octanol–water partition coefficient (Wildman–Crippen LogP) is 3.00. The van der Waals surface area contributed by atoms with Crippen LogP contribution in [0.3, 0.4) is 0 Å². The highest BCUT2D eigenvalue weighted by Crippen LogP contribution is 2.12. The van der Waals surface area contributed by atoms with Gasteiger partial charge in [-0.1, -0.05) is 28.1 Å². The fraction of sp³-hybridized carbons (Fsp3) is 0.429. The minimum atomic E-state index is -0.126. The summed E-state index contributed by atoms with van der Waals surface area (Å²) in [6.45, 7) is 4.91. The summed E-state index contributed by atoms with van der Waals surface area (Å²) in [4.78, 5) is 13.8. The molecule has 0 fully saturated rings. The fourth-order valence-corrected chi connectivity index (χ4v) is 1.93. The number of amides is 1. The van der Waals surface area contributed by atoms with Crippen LogP contribution in [0.25, 0.3) is 0 Å². The Bertz CT molecular complexity index is 436. The van der Waals surface area contributed by atoms with Crippen LogP contribution in [0.15, 0.2) is 28.7 Å². The third-order valence-corrected chi connectivity index (χ3v) is 3.25. The smallest absolute Gasteiger partial charge is 0.227 e. The van der Waals surface area contributed by atoms with Crippen molar-refractivity contribution < 1.29 is 4.79 Å². The molecule has 0 radical (unpaired) electrons. The van der Waals surface area contributed by atoms with Crippen molar-refractivity contribution in [1.82, 2.24) is 4.90 Å². The lowest BCUT2D eigenvalue weighted by Crippen LogP contribution is -2.35. The Hall–Kier alpha value is -1.34. The Morgan fingerprint density at radius 3 is 2.56 bits per heavy atom. The first kappa shape index (κ1) is 14.7. The summed E-state index contributed by atoms with van der Waals surface area (Å²) < 4.78 is 1.00. The van der Waals surface area contributed by atoms with Crippen LogP contribution in [0.2, 0.25) is 0 Å². The molecule has 0 spiro atoms. The van der Waals surface area contributed by atoms with Crippen LogP contribution >= 0.6 is 15.9 Å². The molecular formula is C14H17BrN2O. The molecule has 0 aliphatic rings. The Labute approximate surface area is 117 Å². The third-order valence-electron chi connectivity index (χ3n) is 2.72. The molecule has 0 heterocycles. The lowest BCUT2D eigenvalue weighted by molar-refractivity contribution is -0.130. The lowest BCUT2D eigenvalue weighted by atomic mass is 10.1. The van der Waals surface area contributed by atoms with Crippen molar-refractivity contribution in [2.75, 3.05) is 13.1 Å². The Kier molecular flexibility index (Phi) is 5.87. The molecule has 4 heteroatoms. The number of halogens is 1. The average molecular weight is 309 g/mol. The summed E-state index contributed by atoms with van der Waals surface area (Å²) in [6, 6.07) is 9.88. The van der Waals surface area contributed by atoms with E-state index in [1.165, 1.54) is 0 Å². The second-order valence-electron chi connectivity index (χ2n) is 4.27. The lowest BCUT2D eigenvalue weighted by Gasteiger charge is -2.22. The molecule has 96 valence electrons. The number of nitriles is 1. The van der Waals surface area contributed by atoms with Gasteiger partial charge < -0.3 is 4.90 Å². The molecule has 3 nitrogen and oxygen atoms in total. The Morgan fingerprint density at radius 2 is 2.06 bits per heavy atom. The molecular weight excluding hydrogens is 292 g/mol. The average Bonchev–Trinajstić information content (AvgIpc) is 2.38. The molecule has 1 aromatic rings. The molecule has 1 rings (SSSR count). The van der Waals surface area contributed by atoms with Gasteiger partial charge in [0.2, 0.25) is 5.91 Å². The number of hydrogen-bond acceptors (Lipinski definition) is 2. The van der Waals surface area contributed by atoms with E-state index in [1.54, 1.807) is 4.90 Å². The number of nitrogens with zero attached hydrogens (tertiary/aromatic N) is 2. The normalized spacial score (nSPS) is 11.7. The van der Waals surface area contributed by atoms with Gasteiger partial charge in [0.05, 0.1) is 18.4 Å². The van der Waals surface area contributed by atoms with E-state index in [-0.39, 0.29) is 11.8 Å². The van der Waals surface area contributed by atoms with Crippen LogP contribution in [0.4, 0.5) is 0 Å². The standard InChI is InChI=1S/C14H17BrN2O/c1-3-17(10-11(2)9-16)14(18)8-12-4-6-13(15)7-5-12/h4-7,11H,3,8,10H2,1-2H3/t11-/m0/s1. The highest BCUT2D eigenvalue weighted by atomic mass is 79.9. The van der Waals surface area contributed by atoms with E-state index in [0.717, 1.165) is 10.0 Å². The van der Waals surface area contributed by atoms with Gasteiger partial charge in [-0.2, -0.15) is 5.26 Å². The van der Waals surface area contributed by atoms with Crippen LogP contribution in [-0.4, -0.2) is 23.9 Å². The van der Waals surface area contributed by atoms with E-state index in [2.05, 4.69) is 22.0 Å². The van der Waals surface area contributed by atoms with Crippen molar-refractivity contribution in [2.24, 2.45) is 5.92 Å². The SMILES string of the molecule is CCN(C[C@@H](C)C#N)C(=O)Cc1ccc(Br)cc1. The molecule has 0 aromatic heterocycles. The molecule has 1 aromatic carbocycles. The van der Waals surface area contributed by atoms with Crippen molar-refractivity contribution in [2.45, 2.75) is 20.3 Å². The van der Waals surface area contributed by atoms with Gasteiger partial charge >= 0.3 is 0 Å². The first-order valence-electron chi connectivity index (χ1n) is 5.98. The van der Waals surface area contributed by atoms with E-state index >= 15 is 0 Å². The molecule has 0 unspecified atom stereocenters. The van der Waals surface area contributed by atoms with Crippen LogP contribution < -0.4 is 0 Å². The third kappa shape index (κ3) is 4.50. The van der Waals surface area contributed by atoms with Crippen molar-refractivity contribution in [3.8, 4) is 6.07 Å². The Morgan fingerprint density at radius 1 is 1.44 bits per heavy atom. The zero-order valence-corrected chi connectivity index (χ0v) is 12.3. The van der Waals surface area contributed by atoms with Gasteiger partial charge in [-0.15, -0.1) is 0 Å². The van der Waals surface area contributed by atoms with E-state index < -0.39 is 0 Å². The zero-order valence-electron chi connectivity index (χ0n) is 10.7. The first-order valence-corrected chi connectivity index (χ1v) is 6.78. The number of rotatable bonds is 5. The molecule has 0 aliphatic heterocycles. The van der Waals surface area contributed by atoms with E-state index in [0.29, 0.717) is 19.5 Å². The molecule has 0 aliphatic carbocycles. The van der Waals surface area contributed by atoms with Crippen LogP contribution in [0.5, 0.6) is 0 Å². The van der Waals surface area contributed by atoms with Crippen molar-refractivity contribution in [3.05, 3.63) is 34.3 Å². The topological polar surface area (TPSA) is 44.1 Å². The van der Waals surface area contributed by atoms with E-state index in [9.17, 15) is 4.79 Å². The van der Waals surface area contributed by atoms with Gasteiger partial charge in [-0.05, 0) is 31.5 Å². The molecule has 18 heavy (non-hydrogen) atoms. The molecule has 0 N–H and O–H groups in total. The van der Waals surface area contributed by atoms with Gasteiger partial charge in [0.15, 0.2) is 0 Å². The first-order chi connectivity index (χ1) is 8.56. The summed E-state index contributed by atoms with van der Waals surface area (Å²) in [7, 11) is 0. The second-order valence-corrected chi connectivity index (χ2v) is 5.18. The molecule has 1 atom stereocenters. The highest BCUT2D eigenvalue weighted by Gasteiger charge is 2.14. The van der Waals surface area contributed by atoms with E-state index in [1.807, 2.05) is 38.1 Å². The maximum atomic E-state index is 12.1. The molecule has 0 saturated carbocycles. The zero-order chi connectivity index (χ0) is 13.5. The largest absolute Gasteiger partial charge is 0.341 e. The monoisotopic (exact) mass is 308 g/mol. The minimum Gasteiger partial charge on any atom is -0.341 e. The van der Waals surface area contributed by atoms with Gasteiger partial charge in [-0.25, -0.2) is 0 Å². The van der Waals surface area contributed by atoms with Crippen LogP contribution in [0, 0.1) is 17.2 Å². The fourth-order valence-electron chi connectivity index (χ4n) is 1.67. The number of benzene rings is 1. The minimum absolute atomic E-state index is 0.0712. The second kappa shape index (κ2) is 7.17. The summed E-state index contributed by atoms with van der Waals surface area (Å²) in [5.41, 5.74) is 0.992. The highest BCUT2D eigenvalue weighted by molar-refractivity contribution is 9.10. The number of carbonyl (C=O) groups is 1. The summed E-state index contributed by atoms with van der Waals surface area (Å²) in [5.74, 6) is -0.0549. The summed E-state index contributed by atoms with van der Waals surface area (Å²) >= 11 is 3.36. The predicted molar refractivity (Wildman–Crippen MR) is 74.9 cm³/mol. The van der Waals surface area contributed by atoms with Crippen molar-refractivity contribution in [1.29, 1.82) is 5.26 Å². The maximum Gasteiger partial charge on any atom is 0.227 e. The number of likely N-dealkylation sites (N-methyl/N-ethyl adjacent to an activating group) is 1. The van der Waals surface area contributed by atoms with E-state index in [4.69, 9.17) is 5.26 Å². The van der Waals surface area contributed by atoms with Gasteiger partial charge in [0, 0.05) is 17.6 Å². The van der Waals surface area contributed by atoms with Crippen molar-refractivity contribution in [3.63, 3.8) is 0 Å².